The lowest BCUT2D eigenvalue weighted by Gasteiger charge is -2.18. The number of ether oxygens (including phenoxy) is 3. The molecule has 0 aromatic carbocycles. The van der Waals surface area contributed by atoms with Crippen LogP contribution in [-0.2, 0) is 28.6 Å². The van der Waals surface area contributed by atoms with E-state index in [0.717, 1.165) is 89.9 Å². The molecule has 0 saturated carbocycles. The summed E-state index contributed by atoms with van der Waals surface area (Å²) in [7, 11) is 0. The van der Waals surface area contributed by atoms with Gasteiger partial charge in [0.05, 0.1) is 0 Å². The van der Waals surface area contributed by atoms with Gasteiger partial charge in [0.25, 0.3) is 0 Å². The zero-order valence-electron chi connectivity index (χ0n) is 49.4. The van der Waals surface area contributed by atoms with E-state index in [4.69, 9.17) is 14.2 Å². The fourth-order valence-corrected chi connectivity index (χ4v) is 9.43. The summed E-state index contributed by atoms with van der Waals surface area (Å²) >= 11 is 0. The topological polar surface area (TPSA) is 78.9 Å². The number of esters is 3. The van der Waals surface area contributed by atoms with Crippen LogP contribution in [0.3, 0.4) is 0 Å². The molecule has 0 radical (unpaired) electrons. The fraction of sp³-hybridized carbons (Fsp3) is 0.809. The first-order chi connectivity index (χ1) is 36.5. The minimum atomic E-state index is -0.776. The van der Waals surface area contributed by atoms with Crippen LogP contribution in [0, 0.1) is 0 Å². The Balaban J connectivity index is 4.14. The van der Waals surface area contributed by atoms with E-state index in [-0.39, 0.29) is 31.1 Å². The molecule has 6 nitrogen and oxygen atoms in total. The Morgan fingerprint density at radius 2 is 0.527 bits per heavy atom. The molecule has 0 aromatic heterocycles. The Morgan fingerprint density at radius 1 is 0.284 bits per heavy atom. The maximum atomic E-state index is 12.9. The van der Waals surface area contributed by atoms with E-state index in [2.05, 4.69) is 81.5 Å². The Labute approximate surface area is 460 Å². The van der Waals surface area contributed by atoms with E-state index >= 15 is 0 Å². The average Bonchev–Trinajstić information content (AvgIpc) is 3.40. The van der Waals surface area contributed by atoms with Crippen molar-refractivity contribution in [1.82, 2.24) is 0 Å². The highest BCUT2D eigenvalue weighted by atomic mass is 16.6. The summed E-state index contributed by atoms with van der Waals surface area (Å²) in [5.41, 5.74) is 0. The molecule has 1 unspecified atom stereocenters. The Morgan fingerprint density at radius 3 is 0.824 bits per heavy atom. The van der Waals surface area contributed by atoms with Crippen molar-refractivity contribution in [1.29, 1.82) is 0 Å². The number of carbonyl (C=O) groups is 3. The lowest BCUT2D eigenvalue weighted by atomic mass is 10.0. The molecule has 0 aliphatic carbocycles. The lowest BCUT2D eigenvalue weighted by molar-refractivity contribution is -0.167. The first-order valence-corrected chi connectivity index (χ1v) is 32.3. The van der Waals surface area contributed by atoms with E-state index in [9.17, 15) is 14.4 Å². The molecule has 0 N–H and O–H groups in total. The van der Waals surface area contributed by atoms with Crippen LogP contribution < -0.4 is 0 Å². The van der Waals surface area contributed by atoms with Gasteiger partial charge in [-0.2, -0.15) is 0 Å². The van der Waals surface area contributed by atoms with Crippen molar-refractivity contribution in [3.63, 3.8) is 0 Å². The number of allylic oxidation sites excluding steroid dienone is 10. The van der Waals surface area contributed by atoms with Gasteiger partial charge in [-0.1, -0.05) is 293 Å². The first-order valence-electron chi connectivity index (χ1n) is 32.3. The van der Waals surface area contributed by atoms with Crippen LogP contribution in [0.2, 0.25) is 0 Å². The minimum Gasteiger partial charge on any atom is -0.462 e. The van der Waals surface area contributed by atoms with Crippen LogP contribution in [0.5, 0.6) is 0 Å². The number of unbranched alkanes of at least 4 members (excludes halogenated alkanes) is 38. The first kappa shape index (κ1) is 71.1. The number of hydrogen-bond acceptors (Lipinski definition) is 6. The van der Waals surface area contributed by atoms with Crippen molar-refractivity contribution < 1.29 is 28.6 Å². The third-order valence-electron chi connectivity index (χ3n) is 14.3. The average molecular weight is 1040 g/mol. The molecular formula is C68H122O6. The second-order valence-electron chi connectivity index (χ2n) is 21.6. The summed E-state index contributed by atoms with van der Waals surface area (Å²) in [5.74, 6) is -0.869. The number of carbonyl (C=O) groups excluding carboxylic acids is 3. The van der Waals surface area contributed by atoms with Gasteiger partial charge in [-0.3, -0.25) is 14.4 Å². The SMILES string of the molecule is CC/C=C\C/C=C\C/C=C\CCCCCCCCCC(=O)OC(COC(=O)CCCCCCCCCCCC)COC(=O)CCCCCCCCCCCCCCCCCCC/C=C\C/C=C\CCCCCCC. The third-order valence-corrected chi connectivity index (χ3v) is 14.3. The largest absolute Gasteiger partial charge is 0.462 e. The predicted molar refractivity (Wildman–Crippen MR) is 321 cm³/mol. The van der Waals surface area contributed by atoms with Crippen molar-refractivity contribution in [2.45, 2.75) is 341 Å². The van der Waals surface area contributed by atoms with Crippen LogP contribution in [-0.4, -0.2) is 37.2 Å². The summed E-state index contributed by atoms with van der Waals surface area (Å²) in [6, 6.07) is 0. The van der Waals surface area contributed by atoms with Gasteiger partial charge in [0.1, 0.15) is 13.2 Å². The van der Waals surface area contributed by atoms with Crippen molar-refractivity contribution in [2.24, 2.45) is 0 Å². The van der Waals surface area contributed by atoms with Crippen LogP contribution in [0.4, 0.5) is 0 Å². The molecule has 0 fully saturated rings. The maximum absolute atomic E-state index is 12.9. The lowest BCUT2D eigenvalue weighted by Crippen LogP contribution is -2.30. The summed E-state index contributed by atoms with van der Waals surface area (Å²) in [6.07, 6.45) is 79.6. The Hall–Kier alpha value is -2.89. The van der Waals surface area contributed by atoms with Crippen LogP contribution >= 0.6 is 0 Å². The highest BCUT2D eigenvalue weighted by molar-refractivity contribution is 5.71. The maximum Gasteiger partial charge on any atom is 0.306 e. The third kappa shape index (κ3) is 60.0. The Kier molecular flexibility index (Phi) is 60.2. The normalized spacial score (nSPS) is 12.4. The highest BCUT2D eigenvalue weighted by Crippen LogP contribution is 2.17. The van der Waals surface area contributed by atoms with Crippen LogP contribution in [0.1, 0.15) is 335 Å². The summed E-state index contributed by atoms with van der Waals surface area (Å²) in [4.78, 5) is 38.2. The second-order valence-corrected chi connectivity index (χ2v) is 21.6. The molecular weight excluding hydrogens is 913 g/mol. The van der Waals surface area contributed by atoms with E-state index < -0.39 is 6.10 Å². The Bertz CT molecular complexity index is 1330. The molecule has 6 heteroatoms. The van der Waals surface area contributed by atoms with E-state index in [1.165, 1.54) is 205 Å². The zero-order valence-corrected chi connectivity index (χ0v) is 49.4. The molecule has 0 aliphatic heterocycles. The molecule has 0 heterocycles. The van der Waals surface area contributed by atoms with E-state index in [1.807, 2.05) is 0 Å². The summed E-state index contributed by atoms with van der Waals surface area (Å²) in [6.45, 7) is 6.54. The molecule has 0 aromatic rings. The highest BCUT2D eigenvalue weighted by Gasteiger charge is 2.19. The van der Waals surface area contributed by atoms with Gasteiger partial charge in [0, 0.05) is 19.3 Å². The molecule has 0 spiro atoms. The van der Waals surface area contributed by atoms with E-state index in [0.29, 0.717) is 19.3 Å². The molecule has 0 amide bonds. The molecule has 0 saturated heterocycles. The van der Waals surface area contributed by atoms with Gasteiger partial charge < -0.3 is 14.2 Å². The number of hydrogen-bond donors (Lipinski definition) is 0. The zero-order chi connectivity index (χ0) is 53.6. The number of rotatable bonds is 59. The van der Waals surface area contributed by atoms with Crippen molar-refractivity contribution >= 4 is 17.9 Å². The van der Waals surface area contributed by atoms with Gasteiger partial charge >= 0.3 is 17.9 Å². The fourth-order valence-electron chi connectivity index (χ4n) is 9.43. The van der Waals surface area contributed by atoms with Gasteiger partial charge in [0.15, 0.2) is 6.10 Å². The smallest absolute Gasteiger partial charge is 0.306 e. The molecule has 1 atom stereocenters. The monoisotopic (exact) mass is 1030 g/mol. The molecule has 0 rings (SSSR count). The van der Waals surface area contributed by atoms with Crippen LogP contribution in [0.15, 0.2) is 60.8 Å². The van der Waals surface area contributed by atoms with E-state index in [1.54, 1.807) is 0 Å². The van der Waals surface area contributed by atoms with Crippen molar-refractivity contribution in [2.75, 3.05) is 13.2 Å². The van der Waals surface area contributed by atoms with Gasteiger partial charge in [-0.25, -0.2) is 0 Å². The summed E-state index contributed by atoms with van der Waals surface area (Å²) in [5, 5.41) is 0. The van der Waals surface area contributed by atoms with Gasteiger partial charge in [0.2, 0.25) is 0 Å². The van der Waals surface area contributed by atoms with Crippen LogP contribution in [0.25, 0.3) is 0 Å². The standard InChI is InChI=1S/C68H122O6/c1-4-7-10-13-16-19-22-24-26-28-29-30-31-32-33-34-35-36-37-38-39-41-42-44-46-49-52-55-58-61-67(70)73-64-65(63-72-66(69)60-57-54-51-48-21-18-15-12-9-6-3)74-68(71)62-59-56-53-50-47-45-43-40-27-25-23-20-17-14-11-8-5-2/h8,11,17,20,22,24-25,27-29,65H,4-7,9-10,12-16,18-19,21,23,26,30-64H2,1-3H3/b11-8-,20-17-,24-22-,27-25-,29-28-. The molecule has 0 bridgehead atoms. The van der Waals surface area contributed by atoms with Gasteiger partial charge in [-0.05, 0) is 83.5 Å². The molecule has 74 heavy (non-hydrogen) atoms. The quantitative estimate of drug-likeness (QED) is 0.0261. The minimum absolute atomic E-state index is 0.0744. The van der Waals surface area contributed by atoms with Crippen molar-refractivity contribution in [3.8, 4) is 0 Å². The predicted octanol–water partition coefficient (Wildman–Crippen LogP) is 21.9. The molecule has 430 valence electrons. The van der Waals surface area contributed by atoms with Crippen molar-refractivity contribution in [3.05, 3.63) is 60.8 Å². The summed E-state index contributed by atoms with van der Waals surface area (Å²) < 4.78 is 16.9. The second kappa shape index (κ2) is 62.6. The van der Waals surface area contributed by atoms with Gasteiger partial charge in [-0.15, -0.1) is 0 Å². The molecule has 0 aliphatic rings.